The number of anilines is 2. The molecule has 0 radical (unpaired) electrons. The van der Waals surface area contributed by atoms with E-state index in [1.165, 1.54) is 0 Å². The van der Waals surface area contributed by atoms with E-state index in [-0.39, 0.29) is 12.3 Å². The van der Waals surface area contributed by atoms with E-state index in [0.29, 0.717) is 40.5 Å². The van der Waals surface area contributed by atoms with Crippen molar-refractivity contribution in [3.05, 3.63) is 52.5 Å². The molecule has 8 nitrogen and oxygen atoms in total. The number of nitrogens with zero attached hydrogens (tertiary/aromatic N) is 4. The van der Waals surface area contributed by atoms with Gasteiger partial charge in [-0.15, -0.1) is 10.2 Å². The number of rotatable bonds is 7. The van der Waals surface area contributed by atoms with Crippen LogP contribution in [-0.2, 0) is 11.3 Å². The number of methoxy groups -OCH3 is 1. The fourth-order valence-electron chi connectivity index (χ4n) is 5.84. The van der Waals surface area contributed by atoms with Crippen LogP contribution < -0.4 is 15.0 Å². The van der Waals surface area contributed by atoms with Crippen LogP contribution in [0.3, 0.4) is 0 Å². The van der Waals surface area contributed by atoms with E-state index in [0.717, 1.165) is 54.5 Å². The predicted molar refractivity (Wildman–Crippen MR) is 138 cm³/mol. The standard InChI is InChI=1S/C27H28ClN5O3/c1-36-24-8-6-17(10-23(24)28)13-30-26-22-9-16(12-29)5-7-20(22)27(32-31-26)33-14-18-3-2-4-19(15-33)21(18)11-25(34)35/h5-10,18-19,21H,2-4,11,13-15H2,1H3,(H,30,31)(H,34,35). The van der Waals surface area contributed by atoms with E-state index < -0.39 is 5.97 Å². The summed E-state index contributed by atoms with van der Waals surface area (Å²) in [5.74, 6) is 2.17. The summed E-state index contributed by atoms with van der Waals surface area (Å²) < 4.78 is 5.23. The molecule has 1 saturated carbocycles. The van der Waals surface area contributed by atoms with Crippen molar-refractivity contribution in [2.45, 2.75) is 32.2 Å². The van der Waals surface area contributed by atoms with Crippen LogP contribution >= 0.6 is 11.6 Å². The fourth-order valence-corrected chi connectivity index (χ4v) is 6.12. The number of hydrogen-bond donors (Lipinski definition) is 2. The van der Waals surface area contributed by atoms with Gasteiger partial charge in [-0.1, -0.05) is 24.1 Å². The van der Waals surface area contributed by atoms with Gasteiger partial charge in [-0.3, -0.25) is 4.79 Å². The van der Waals surface area contributed by atoms with Crippen molar-refractivity contribution in [2.24, 2.45) is 17.8 Å². The molecule has 9 heteroatoms. The summed E-state index contributed by atoms with van der Waals surface area (Å²) in [6.07, 6.45) is 3.47. The van der Waals surface area contributed by atoms with E-state index in [9.17, 15) is 15.2 Å². The van der Waals surface area contributed by atoms with E-state index in [2.05, 4.69) is 26.5 Å². The van der Waals surface area contributed by atoms with Gasteiger partial charge in [0.25, 0.3) is 0 Å². The Hall–Kier alpha value is -3.57. The van der Waals surface area contributed by atoms with Gasteiger partial charge in [-0.25, -0.2) is 0 Å². The number of aromatic nitrogens is 2. The Balaban J connectivity index is 1.44. The molecule has 1 saturated heterocycles. The number of carboxylic acids is 1. The van der Waals surface area contributed by atoms with Crippen LogP contribution in [0.1, 0.15) is 36.8 Å². The largest absolute Gasteiger partial charge is 0.495 e. The smallest absolute Gasteiger partial charge is 0.303 e. The van der Waals surface area contributed by atoms with Crippen LogP contribution in [0.4, 0.5) is 11.6 Å². The predicted octanol–water partition coefficient (Wildman–Crippen LogP) is 5.10. The number of hydrogen-bond acceptors (Lipinski definition) is 7. The number of fused-ring (bicyclic) bond motifs is 3. The normalized spacial score (nSPS) is 21.1. The zero-order valence-electron chi connectivity index (χ0n) is 20.1. The van der Waals surface area contributed by atoms with Crippen molar-refractivity contribution < 1.29 is 14.6 Å². The number of nitrogens with one attached hydrogen (secondary N) is 1. The van der Waals surface area contributed by atoms with E-state index in [4.69, 9.17) is 16.3 Å². The molecular weight excluding hydrogens is 478 g/mol. The van der Waals surface area contributed by atoms with Gasteiger partial charge in [0.15, 0.2) is 11.6 Å². The minimum Gasteiger partial charge on any atom is -0.495 e. The number of aliphatic carboxylic acids is 1. The van der Waals surface area contributed by atoms with Gasteiger partial charge in [-0.05, 0) is 66.5 Å². The second-order valence-electron chi connectivity index (χ2n) is 9.68. The van der Waals surface area contributed by atoms with Crippen LogP contribution in [-0.4, -0.2) is 41.5 Å². The maximum Gasteiger partial charge on any atom is 0.303 e. The average molecular weight is 506 g/mol. The second-order valence-corrected chi connectivity index (χ2v) is 10.1. The molecule has 2 aromatic carbocycles. The highest BCUT2D eigenvalue weighted by Gasteiger charge is 2.41. The summed E-state index contributed by atoms with van der Waals surface area (Å²) in [5.41, 5.74) is 1.51. The molecule has 2 N–H and O–H groups in total. The topological polar surface area (TPSA) is 111 Å². The first-order valence-electron chi connectivity index (χ1n) is 12.2. The summed E-state index contributed by atoms with van der Waals surface area (Å²) in [4.78, 5) is 13.7. The molecular formula is C27H28ClN5O3. The summed E-state index contributed by atoms with van der Waals surface area (Å²) in [7, 11) is 1.58. The Bertz CT molecular complexity index is 1330. The lowest BCUT2D eigenvalue weighted by molar-refractivity contribution is -0.139. The van der Waals surface area contributed by atoms with Crippen molar-refractivity contribution >= 4 is 40.0 Å². The van der Waals surface area contributed by atoms with E-state index >= 15 is 0 Å². The lowest BCUT2D eigenvalue weighted by Gasteiger charge is -2.47. The molecule has 0 spiro atoms. The zero-order chi connectivity index (χ0) is 25.2. The van der Waals surface area contributed by atoms with Crippen molar-refractivity contribution in [3.63, 3.8) is 0 Å². The monoisotopic (exact) mass is 505 g/mol. The lowest BCUT2D eigenvalue weighted by Crippen LogP contribution is -2.49. The Kier molecular flexibility index (Phi) is 6.84. The molecule has 1 aromatic heterocycles. The first-order chi connectivity index (χ1) is 17.5. The van der Waals surface area contributed by atoms with Gasteiger partial charge < -0.3 is 20.1 Å². The van der Waals surface area contributed by atoms with Gasteiger partial charge in [-0.2, -0.15) is 5.26 Å². The molecule has 0 amide bonds. The third kappa shape index (κ3) is 4.76. The Labute approximate surface area is 214 Å². The quantitative estimate of drug-likeness (QED) is 0.456. The highest BCUT2D eigenvalue weighted by atomic mass is 35.5. The molecule has 2 aliphatic rings. The SMILES string of the molecule is COc1ccc(CNc2nnc(N3CC4CCCC(C3)C4CC(=O)O)c3ccc(C#N)cc23)cc1Cl. The molecule has 2 atom stereocenters. The Morgan fingerprint density at radius 1 is 1.19 bits per heavy atom. The van der Waals surface area contributed by atoms with E-state index in [1.54, 1.807) is 13.2 Å². The lowest BCUT2D eigenvalue weighted by atomic mass is 9.67. The maximum atomic E-state index is 11.5. The Morgan fingerprint density at radius 3 is 2.64 bits per heavy atom. The molecule has 5 rings (SSSR count). The van der Waals surface area contributed by atoms with Crippen molar-refractivity contribution in [3.8, 4) is 11.8 Å². The van der Waals surface area contributed by atoms with Gasteiger partial charge in [0.05, 0.1) is 23.8 Å². The molecule has 2 bridgehead atoms. The molecule has 186 valence electrons. The van der Waals surface area contributed by atoms with Gasteiger partial charge >= 0.3 is 5.97 Å². The number of piperidine rings is 1. The van der Waals surface area contributed by atoms with Gasteiger partial charge in [0.2, 0.25) is 0 Å². The van der Waals surface area contributed by atoms with Crippen LogP contribution in [0.15, 0.2) is 36.4 Å². The molecule has 1 aliphatic heterocycles. The molecule has 2 unspecified atom stereocenters. The molecule has 1 aliphatic carbocycles. The minimum atomic E-state index is -0.715. The third-order valence-corrected chi connectivity index (χ3v) is 7.84. The van der Waals surface area contributed by atoms with Crippen molar-refractivity contribution in [1.29, 1.82) is 5.26 Å². The zero-order valence-corrected chi connectivity index (χ0v) is 20.8. The van der Waals surface area contributed by atoms with Crippen LogP contribution in [0.2, 0.25) is 5.02 Å². The molecule has 3 aromatic rings. The van der Waals surface area contributed by atoms with Gasteiger partial charge in [0, 0.05) is 36.8 Å². The molecule has 2 heterocycles. The van der Waals surface area contributed by atoms with Crippen molar-refractivity contribution in [2.75, 3.05) is 30.4 Å². The molecule has 2 fully saturated rings. The summed E-state index contributed by atoms with van der Waals surface area (Å²) in [6, 6.07) is 13.4. The third-order valence-electron chi connectivity index (χ3n) is 7.55. The number of carbonyl (C=O) groups is 1. The highest BCUT2D eigenvalue weighted by molar-refractivity contribution is 6.32. The van der Waals surface area contributed by atoms with Crippen LogP contribution in [0.5, 0.6) is 5.75 Å². The number of benzene rings is 2. The Morgan fingerprint density at radius 2 is 1.97 bits per heavy atom. The fraction of sp³-hybridized carbons (Fsp3) is 0.407. The van der Waals surface area contributed by atoms with Gasteiger partial charge in [0.1, 0.15) is 5.75 Å². The number of nitriles is 1. The first kappa shape index (κ1) is 24.1. The van der Waals surface area contributed by atoms with Crippen LogP contribution in [0.25, 0.3) is 10.8 Å². The van der Waals surface area contributed by atoms with Crippen LogP contribution in [0, 0.1) is 29.1 Å². The summed E-state index contributed by atoms with van der Waals surface area (Å²) in [6.45, 7) is 2.03. The average Bonchev–Trinajstić information content (AvgIpc) is 2.86. The highest BCUT2D eigenvalue weighted by Crippen LogP contribution is 2.43. The number of ether oxygens (including phenoxy) is 1. The maximum absolute atomic E-state index is 11.5. The number of carboxylic acid groups (broad SMARTS) is 1. The summed E-state index contributed by atoms with van der Waals surface area (Å²) >= 11 is 6.28. The van der Waals surface area contributed by atoms with Crippen molar-refractivity contribution in [1.82, 2.24) is 10.2 Å². The number of halogens is 1. The summed E-state index contributed by atoms with van der Waals surface area (Å²) in [5, 5.41) is 33.7. The van der Waals surface area contributed by atoms with E-state index in [1.807, 2.05) is 30.3 Å². The minimum absolute atomic E-state index is 0.217. The molecule has 36 heavy (non-hydrogen) atoms. The first-order valence-corrected chi connectivity index (χ1v) is 12.6. The second kappa shape index (κ2) is 10.2.